The predicted molar refractivity (Wildman–Crippen MR) is 71.9 cm³/mol. The Hall–Kier alpha value is -0.0500. The van der Waals surface area contributed by atoms with Crippen LogP contribution in [0.5, 0.6) is 0 Å². The summed E-state index contributed by atoms with van der Waals surface area (Å²) in [4.78, 5) is 10.8. The minimum absolute atomic E-state index is 0.0776. The van der Waals surface area contributed by atoms with Gasteiger partial charge in [-0.25, -0.2) is 0 Å². The number of rotatable bonds is 10. The molecule has 0 radical (unpaired) electrons. The molecule has 3 heteroatoms. The lowest BCUT2D eigenvalue weighted by Gasteiger charge is -2.06. The van der Waals surface area contributed by atoms with Gasteiger partial charge in [-0.1, -0.05) is 55.0 Å². The van der Waals surface area contributed by atoms with Crippen molar-refractivity contribution >= 4 is 21.9 Å². The summed E-state index contributed by atoms with van der Waals surface area (Å²) in [6.45, 7) is 2.28. The third kappa shape index (κ3) is 10.5. The third-order valence-electron chi connectivity index (χ3n) is 2.82. The minimum atomic E-state index is -0.0776. The second-order valence-corrected chi connectivity index (χ2v) is 5.14. The van der Waals surface area contributed by atoms with Crippen LogP contribution in [0.2, 0.25) is 0 Å². The zero-order valence-electron chi connectivity index (χ0n) is 10.6. The molecule has 0 aliphatic carbocycles. The molecule has 0 bridgehead atoms. The molecule has 2 nitrogen and oxygen atoms in total. The molecule has 1 atom stereocenters. The van der Waals surface area contributed by atoms with Gasteiger partial charge in [-0.3, -0.25) is 4.79 Å². The number of hydrogen-bond acceptors (Lipinski definition) is 2. The quantitative estimate of drug-likeness (QED) is 0.341. The molecule has 0 fully saturated rings. The molecule has 16 heavy (non-hydrogen) atoms. The number of carbonyl (C=O) groups is 1. The summed E-state index contributed by atoms with van der Waals surface area (Å²) in [5.41, 5.74) is 0. The summed E-state index contributed by atoms with van der Waals surface area (Å²) in [6, 6.07) is 0. The fraction of sp³-hybridized carbons (Fsp3) is 0.923. The normalized spacial score (nSPS) is 12.4. The molecule has 0 aromatic carbocycles. The number of methoxy groups -OCH3 is 1. The van der Waals surface area contributed by atoms with Crippen LogP contribution >= 0.6 is 15.9 Å². The van der Waals surface area contributed by atoms with E-state index in [4.69, 9.17) is 0 Å². The van der Waals surface area contributed by atoms with Gasteiger partial charge in [-0.05, 0) is 18.8 Å². The van der Waals surface area contributed by atoms with Crippen molar-refractivity contribution in [1.82, 2.24) is 0 Å². The number of esters is 1. The van der Waals surface area contributed by atoms with E-state index in [-0.39, 0.29) is 5.97 Å². The highest BCUT2D eigenvalue weighted by Crippen LogP contribution is 2.13. The summed E-state index contributed by atoms with van der Waals surface area (Å²) in [5.74, 6) is 0.727. The van der Waals surface area contributed by atoms with Crippen LogP contribution in [0.3, 0.4) is 0 Å². The van der Waals surface area contributed by atoms with E-state index in [1.165, 1.54) is 39.2 Å². The Labute approximate surface area is 108 Å². The van der Waals surface area contributed by atoms with E-state index in [2.05, 4.69) is 27.6 Å². The molecule has 0 aliphatic heterocycles. The molecular formula is C13H25BrO2. The van der Waals surface area contributed by atoms with Crippen molar-refractivity contribution in [2.45, 2.75) is 58.3 Å². The Bertz CT molecular complexity index is 171. The molecule has 0 N–H and O–H groups in total. The first-order valence-corrected chi connectivity index (χ1v) is 7.45. The van der Waals surface area contributed by atoms with Crippen LogP contribution in [0.25, 0.3) is 0 Å². The smallest absolute Gasteiger partial charge is 0.305 e. The van der Waals surface area contributed by atoms with E-state index in [9.17, 15) is 4.79 Å². The zero-order chi connectivity index (χ0) is 12.2. The van der Waals surface area contributed by atoms with Crippen LogP contribution in [0.4, 0.5) is 0 Å². The van der Waals surface area contributed by atoms with Gasteiger partial charge in [0.1, 0.15) is 0 Å². The first-order chi connectivity index (χ1) is 7.70. The molecule has 0 aromatic rings. The average molecular weight is 293 g/mol. The Morgan fingerprint density at radius 1 is 1.12 bits per heavy atom. The van der Waals surface area contributed by atoms with E-state index >= 15 is 0 Å². The molecule has 0 spiro atoms. The highest BCUT2D eigenvalue weighted by Gasteiger charge is 2.00. The van der Waals surface area contributed by atoms with Crippen LogP contribution < -0.4 is 0 Å². The van der Waals surface area contributed by atoms with E-state index in [1.54, 1.807) is 0 Å². The molecule has 0 saturated heterocycles. The van der Waals surface area contributed by atoms with Gasteiger partial charge in [-0.15, -0.1) is 0 Å². The van der Waals surface area contributed by atoms with Crippen molar-refractivity contribution in [2.24, 2.45) is 5.92 Å². The molecular weight excluding hydrogens is 268 g/mol. The van der Waals surface area contributed by atoms with Crippen LogP contribution in [-0.2, 0) is 9.53 Å². The third-order valence-corrected chi connectivity index (χ3v) is 3.92. The Balaban J connectivity index is 3.07. The molecule has 0 amide bonds. The Morgan fingerprint density at radius 3 is 2.25 bits per heavy atom. The topological polar surface area (TPSA) is 26.3 Å². The van der Waals surface area contributed by atoms with E-state index in [1.807, 2.05) is 0 Å². The number of halogens is 1. The summed E-state index contributed by atoms with van der Waals surface area (Å²) in [5, 5.41) is 1.12. The summed E-state index contributed by atoms with van der Waals surface area (Å²) in [6.07, 6.45) is 9.26. The minimum Gasteiger partial charge on any atom is -0.469 e. The highest BCUT2D eigenvalue weighted by molar-refractivity contribution is 9.09. The molecule has 0 saturated carbocycles. The first kappa shape index (κ1) is 16.0. The molecule has 0 aliphatic rings. The van der Waals surface area contributed by atoms with Crippen molar-refractivity contribution in [1.29, 1.82) is 0 Å². The molecule has 0 heterocycles. The van der Waals surface area contributed by atoms with Crippen LogP contribution in [0, 0.1) is 5.92 Å². The van der Waals surface area contributed by atoms with E-state index < -0.39 is 0 Å². The van der Waals surface area contributed by atoms with Gasteiger partial charge in [0.15, 0.2) is 0 Å². The van der Waals surface area contributed by atoms with Gasteiger partial charge in [-0.2, -0.15) is 0 Å². The molecule has 0 rings (SSSR count). The fourth-order valence-electron chi connectivity index (χ4n) is 1.65. The molecule has 1 unspecified atom stereocenters. The standard InChI is InChI=1S/C13H25BrO2/c1-12(11-14)9-7-5-3-4-6-8-10-13(15)16-2/h12H,3-11H2,1-2H3. The fourth-order valence-corrected chi connectivity index (χ4v) is 1.97. The van der Waals surface area contributed by atoms with Crippen LogP contribution in [0.15, 0.2) is 0 Å². The van der Waals surface area contributed by atoms with Gasteiger partial charge >= 0.3 is 5.97 Å². The maximum atomic E-state index is 10.8. The second-order valence-electron chi connectivity index (χ2n) is 4.50. The number of unbranched alkanes of at least 4 members (excludes halogenated alkanes) is 5. The second kappa shape index (κ2) is 11.4. The SMILES string of the molecule is COC(=O)CCCCCCCCC(C)CBr. The van der Waals surface area contributed by atoms with Crippen molar-refractivity contribution in [3.05, 3.63) is 0 Å². The molecule has 0 aromatic heterocycles. The van der Waals surface area contributed by atoms with Gasteiger partial charge in [0.25, 0.3) is 0 Å². The zero-order valence-corrected chi connectivity index (χ0v) is 12.2. The molecule has 96 valence electrons. The summed E-state index contributed by atoms with van der Waals surface area (Å²) >= 11 is 3.49. The van der Waals surface area contributed by atoms with Crippen molar-refractivity contribution in [3.63, 3.8) is 0 Å². The summed E-state index contributed by atoms with van der Waals surface area (Å²) in [7, 11) is 1.45. The number of hydrogen-bond donors (Lipinski definition) is 0. The van der Waals surface area contributed by atoms with Crippen molar-refractivity contribution in [2.75, 3.05) is 12.4 Å². The van der Waals surface area contributed by atoms with Crippen LogP contribution in [-0.4, -0.2) is 18.4 Å². The lowest BCUT2D eigenvalue weighted by Crippen LogP contribution is -1.99. The van der Waals surface area contributed by atoms with E-state index in [0.29, 0.717) is 6.42 Å². The average Bonchev–Trinajstić information content (AvgIpc) is 2.31. The van der Waals surface area contributed by atoms with Crippen molar-refractivity contribution in [3.8, 4) is 0 Å². The number of ether oxygens (including phenoxy) is 1. The highest BCUT2D eigenvalue weighted by atomic mass is 79.9. The maximum Gasteiger partial charge on any atom is 0.305 e. The largest absolute Gasteiger partial charge is 0.469 e. The number of alkyl halides is 1. The lowest BCUT2D eigenvalue weighted by atomic mass is 10.0. The van der Waals surface area contributed by atoms with Gasteiger partial charge in [0.05, 0.1) is 7.11 Å². The van der Waals surface area contributed by atoms with Crippen LogP contribution in [0.1, 0.15) is 58.3 Å². The Morgan fingerprint density at radius 2 is 1.69 bits per heavy atom. The first-order valence-electron chi connectivity index (χ1n) is 6.33. The summed E-state index contributed by atoms with van der Waals surface area (Å²) < 4.78 is 4.59. The maximum absolute atomic E-state index is 10.8. The number of carbonyl (C=O) groups excluding carboxylic acids is 1. The van der Waals surface area contributed by atoms with Gasteiger partial charge in [0, 0.05) is 11.8 Å². The monoisotopic (exact) mass is 292 g/mol. The lowest BCUT2D eigenvalue weighted by molar-refractivity contribution is -0.140. The Kier molecular flexibility index (Phi) is 11.4. The van der Waals surface area contributed by atoms with E-state index in [0.717, 1.165) is 24.1 Å². The van der Waals surface area contributed by atoms with Gasteiger partial charge < -0.3 is 4.74 Å². The van der Waals surface area contributed by atoms with Crippen molar-refractivity contribution < 1.29 is 9.53 Å². The predicted octanol–water partition coefficient (Wildman–Crippen LogP) is 4.31. The van der Waals surface area contributed by atoms with Gasteiger partial charge in [0.2, 0.25) is 0 Å².